The fourth-order valence-corrected chi connectivity index (χ4v) is 4.72. The minimum atomic E-state index is -3.54. The summed E-state index contributed by atoms with van der Waals surface area (Å²) in [6.07, 6.45) is 2.76. The Kier molecular flexibility index (Phi) is 5.70. The Balaban J connectivity index is 3.23. The monoisotopic (exact) mass is 302 g/mol. The molecule has 0 aromatic heterocycles. The van der Waals surface area contributed by atoms with Gasteiger partial charge in [-0.1, -0.05) is 19.1 Å². The molecule has 0 radical (unpaired) electrons. The van der Waals surface area contributed by atoms with Crippen LogP contribution in [0.2, 0.25) is 0 Å². The molecule has 0 spiro atoms. The summed E-state index contributed by atoms with van der Waals surface area (Å²) >= 11 is 1.64. The van der Waals surface area contributed by atoms with Crippen molar-refractivity contribution in [1.29, 1.82) is 0 Å². The van der Waals surface area contributed by atoms with Gasteiger partial charge in [0.1, 0.15) is 4.90 Å². The highest BCUT2D eigenvalue weighted by atomic mass is 32.2. The van der Waals surface area contributed by atoms with Crippen LogP contribution in [0.25, 0.3) is 0 Å². The lowest BCUT2D eigenvalue weighted by atomic mass is 10.2. The SMILES string of the molecule is CCC(CSC)N(C)S(=O)(=O)c1c(C)cccc1N. The topological polar surface area (TPSA) is 63.4 Å². The van der Waals surface area contributed by atoms with E-state index in [0.29, 0.717) is 11.3 Å². The van der Waals surface area contributed by atoms with E-state index in [1.54, 1.807) is 43.9 Å². The third-order valence-corrected chi connectivity index (χ3v) is 6.07. The zero-order chi connectivity index (χ0) is 14.6. The zero-order valence-corrected chi connectivity index (χ0v) is 13.5. The van der Waals surface area contributed by atoms with E-state index in [0.717, 1.165) is 12.2 Å². The maximum absolute atomic E-state index is 12.7. The molecule has 6 heteroatoms. The van der Waals surface area contributed by atoms with Crippen molar-refractivity contribution in [3.63, 3.8) is 0 Å². The normalized spacial score (nSPS) is 13.7. The minimum absolute atomic E-state index is 0.0148. The molecule has 0 aliphatic carbocycles. The van der Waals surface area contributed by atoms with Crippen LogP contribution in [0, 0.1) is 6.92 Å². The Morgan fingerprint density at radius 3 is 2.53 bits per heavy atom. The number of rotatable bonds is 6. The van der Waals surface area contributed by atoms with Gasteiger partial charge in [0.15, 0.2) is 0 Å². The fourth-order valence-electron chi connectivity index (χ4n) is 2.04. The van der Waals surface area contributed by atoms with Gasteiger partial charge in [-0.25, -0.2) is 8.42 Å². The highest BCUT2D eigenvalue weighted by Crippen LogP contribution is 2.27. The first kappa shape index (κ1) is 16.3. The first-order valence-corrected chi connectivity index (χ1v) is 9.01. The summed E-state index contributed by atoms with van der Waals surface area (Å²) in [7, 11) is -1.91. The molecule has 19 heavy (non-hydrogen) atoms. The van der Waals surface area contributed by atoms with Crippen molar-refractivity contribution >= 4 is 27.5 Å². The summed E-state index contributed by atoms with van der Waals surface area (Å²) in [4.78, 5) is 0.233. The van der Waals surface area contributed by atoms with Crippen LogP contribution in [0.3, 0.4) is 0 Å². The Hall–Kier alpha value is -0.720. The second-order valence-electron chi connectivity index (χ2n) is 4.53. The number of hydrogen-bond donors (Lipinski definition) is 1. The lowest BCUT2D eigenvalue weighted by Gasteiger charge is -2.27. The molecule has 1 aromatic carbocycles. The summed E-state index contributed by atoms with van der Waals surface area (Å²) in [6, 6.07) is 5.15. The van der Waals surface area contributed by atoms with E-state index >= 15 is 0 Å². The van der Waals surface area contributed by atoms with Gasteiger partial charge < -0.3 is 5.73 Å². The third-order valence-electron chi connectivity index (χ3n) is 3.22. The molecule has 1 unspecified atom stereocenters. The van der Waals surface area contributed by atoms with Gasteiger partial charge in [-0.15, -0.1) is 0 Å². The van der Waals surface area contributed by atoms with E-state index in [9.17, 15) is 8.42 Å². The number of nitrogens with zero attached hydrogens (tertiary/aromatic N) is 1. The number of aryl methyl sites for hydroxylation is 1. The van der Waals surface area contributed by atoms with E-state index in [1.807, 2.05) is 13.2 Å². The van der Waals surface area contributed by atoms with Crippen LogP contribution in [0.5, 0.6) is 0 Å². The van der Waals surface area contributed by atoms with Gasteiger partial charge in [0, 0.05) is 18.8 Å². The van der Waals surface area contributed by atoms with Crippen molar-refractivity contribution < 1.29 is 8.42 Å². The highest BCUT2D eigenvalue weighted by molar-refractivity contribution is 7.98. The van der Waals surface area contributed by atoms with Crippen molar-refractivity contribution in [2.75, 3.05) is 24.8 Å². The van der Waals surface area contributed by atoms with Gasteiger partial charge in [0.2, 0.25) is 10.0 Å². The first-order valence-electron chi connectivity index (χ1n) is 6.18. The van der Waals surface area contributed by atoms with Crippen molar-refractivity contribution in [1.82, 2.24) is 4.31 Å². The smallest absolute Gasteiger partial charge is 0.245 e. The molecule has 2 N–H and O–H groups in total. The predicted molar refractivity (Wildman–Crippen MR) is 83.0 cm³/mol. The number of benzene rings is 1. The van der Waals surface area contributed by atoms with Gasteiger partial charge in [-0.05, 0) is 31.2 Å². The fraction of sp³-hybridized carbons (Fsp3) is 0.538. The summed E-state index contributed by atoms with van der Waals surface area (Å²) in [5.74, 6) is 0.776. The van der Waals surface area contributed by atoms with Crippen LogP contribution in [0.15, 0.2) is 23.1 Å². The van der Waals surface area contributed by atoms with Crippen LogP contribution < -0.4 is 5.73 Å². The summed E-state index contributed by atoms with van der Waals surface area (Å²) in [6.45, 7) is 3.76. The maximum atomic E-state index is 12.7. The summed E-state index contributed by atoms with van der Waals surface area (Å²) < 4.78 is 26.8. The molecule has 1 aromatic rings. The van der Waals surface area contributed by atoms with E-state index < -0.39 is 10.0 Å². The average Bonchev–Trinajstić information content (AvgIpc) is 2.34. The second-order valence-corrected chi connectivity index (χ2v) is 7.38. The Morgan fingerprint density at radius 2 is 2.05 bits per heavy atom. The molecule has 0 saturated heterocycles. The number of anilines is 1. The predicted octanol–water partition coefficient (Wildman–Crippen LogP) is 2.34. The lowest BCUT2D eigenvalue weighted by Crippen LogP contribution is -2.38. The van der Waals surface area contributed by atoms with Crippen molar-refractivity contribution in [2.24, 2.45) is 0 Å². The molecular formula is C13H22N2O2S2. The lowest BCUT2D eigenvalue weighted by molar-refractivity contribution is 0.385. The highest BCUT2D eigenvalue weighted by Gasteiger charge is 2.29. The third kappa shape index (κ3) is 3.43. The van der Waals surface area contributed by atoms with Gasteiger partial charge in [-0.2, -0.15) is 16.1 Å². The average molecular weight is 302 g/mol. The molecular weight excluding hydrogens is 280 g/mol. The Morgan fingerprint density at radius 1 is 1.42 bits per heavy atom. The van der Waals surface area contributed by atoms with Crippen LogP contribution >= 0.6 is 11.8 Å². The second kappa shape index (κ2) is 6.63. The largest absolute Gasteiger partial charge is 0.398 e. The molecule has 0 aliphatic rings. The van der Waals surface area contributed by atoms with Crippen molar-refractivity contribution in [3.8, 4) is 0 Å². The maximum Gasteiger partial charge on any atom is 0.245 e. The number of sulfonamides is 1. The van der Waals surface area contributed by atoms with Crippen LogP contribution in [0.4, 0.5) is 5.69 Å². The number of thioether (sulfide) groups is 1. The Labute approximate surface area is 120 Å². The Bertz CT molecular complexity index is 509. The van der Waals surface area contributed by atoms with Crippen LogP contribution in [-0.2, 0) is 10.0 Å². The molecule has 0 saturated carbocycles. The molecule has 4 nitrogen and oxygen atoms in total. The number of nitrogen functional groups attached to an aromatic ring is 1. The van der Waals surface area contributed by atoms with Crippen LogP contribution in [-0.4, -0.2) is 37.8 Å². The standard InChI is InChI=1S/C13H22N2O2S2/c1-5-11(9-18-4)15(3)19(16,17)13-10(2)7-6-8-12(13)14/h6-8,11H,5,9,14H2,1-4H3. The van der Waals surface area contributed by atoms with Gasteiger partial charge in [0.25, 0.3) is 0 Å². The van der Waals surface area contributed by atoms with E-state index in [-0.39, 0.29) is 10.9 Å². The summed E-state index contributed by atoms with van der Waals surface area (Å²) in [5, 5.41) is 0. The molecule has 1 atom stereocenters. The first-order chi connectivity index (χ1) is 8.86. The van der Waals surface area contributed by atoms with E-state index in [2.05, 4.69) is 0 Å². The summed E-state index contributed by atoms with van der Waals surface area (Å²) in [5.41, 5.74) is 6.85. The minimum Gasteiger partial charge on any atom is -0.398 e. The molecule has 0 bridgehead atoms. The molecule has 1 rings (SSSR count). The molecule has 0 amide bonds. The van der Waals surface area contributed by atoms with E-state index in [1.165, 1.54) is 4.31 Å². The number of nitrogens with two attached hydrogens (primary N) is 1. The zero-order valence-electron chi connectivity index (χ0n) is 11.9. The van der Waals surface area contributed by atoms with E-state index in [4.69, 9.17) is 5.73 Å². The van der Waals surface area contributed by atoms with Gasteiger partial charge in [0.05, 0.1) is 5.69 Å². The molecule has 108 valence electrons. The van der Waals surface area contributed by atoms with Crippen molar-refractivity contribution in [2.45, 2.75) is 31.2 Å². The molecule has 0 heterocycles. The van der Waals surface area contributed by atoms with Crippen LogP contribution in [0.1, 0.15) is 18.9 Å². The number of hydrogen-bond acceptors (Lipinski definition) is 4. The molecule has 0 aliphatic heterocycles. The van der Waals surface area contributed by atoms with Crippen molar-refractivity contribution in [3.05, 3.63) is 23.8 Å². The quantitative estimate of drug-likeness (QED) is 0.819. The van der Waals surface area contributed by atoms with Gasteiger partial charge >= 0.3 is 0 Å². The van der Waals surface area contributed by atoms with Gasteiger partial charge in [-0.3, -0.25) is 0 Å². The molecule has 0 fully saturated rings.